The summed E-state index contributed by atoms with van der Waals surface area (Å²) in [6, 6.07) is -1.63. The van der Waals surface area contributed by atoms with Crippen molar-refractivity contribution in [3.8, 4) is 0 Å². The van der Waals surface area contributed by atoms with Crippen molar-refractivity contribution >= 4 is 23.8 Å². The molecule has 0 saturated heterocycles. The Hall–Kier alpha value is -2.12. The first-order valence-electron chi connectivity index (χ1n) is 6.71. The minimum absolute atomic E-state index is 0.341. The van der Waals surface area contributed by atoms with Gasteiger partial charge < -0.3 is 15.7 Å². The normalized spacial score (nSPS) is 12.2. The quantitative estimate of drug-likeness (QED) is 0.535. The third kappa shape index (κ3) is 7.28. The van der Waals surface area contributed by atoms with Crippen LogP contribution in [0.1, 0.15) is 40.5 Å². The van der Waals surface area contributed by atoms with E-state index in [1.54, 1.807) is 0 Å². The molecule has 8 nitrogen and oxygen atoms in total. The standard InChI is InChI=1S/C13H23N3O5/c1-5-6-14-10(18)8(2)15-12(21)16-9(17)7-13(3,4)11(19)20/h8H,5-7H2,1-4H3,(H,14,18)(H,19,20)(H2,15,16,17,21). The smallest absolute Gasteiger partial charge is 0.322 e. The number of carbonyl (C=O) groups is 4. The molecule has 0 aliphatic rings. The molecule has 1 unspecified atom stereocenters. The Kier molecular flexibility index (Phi) is 7.40. The van der Waals surface area contributed by atoms with E-state index < -0.39 is 29.4 Å². The van der Waals surface area contributed by atoms with E-state index in [0.717, 1.165) is 6.42 Å². The molecular formula is C13H23N3O5. The van der Waals surface area contributed by atoms with Crippen LogP contribution in [0.2, 0.25) is 0 Å². The van der Waals surface area contributed by atoms with Crippen molar-refractivity contribution in [2.75, 3.05) is 6.54 Å². The lowest BCUT2D eigenvalue weighted by Gasteiger charge is -2.18. The number of hydrogen-bond donors (Lipinski definition) is 4. The summed E-state index contributed by atoms with van der Waals surface area (Å²) >= 11 is 0. The molecule has 0 aromatic rings. The Morgan fingerprint density at radius 3 is 2.24 bits per heavy atom. The van der Waals surface area contributed by atoms with Gasteiger partial charge in [-0.2, -0.15) is 0 Å². The number of carboxylic acid groups (broad SMARTS) is 1. The van der Waals surface area contributed by atoms with Crippen LogP contribution in [0.15, 0.2) is 0 Å². The summed E-state index contributed by atoms with van der Waals surface area (Å²) in [5.41, 5.74) is -1.27. The van der Waals surface area contributed by atoms with Crippen LogP contribution in [0.25, 0.3) is 0 Å². The van der Waals surface area contributed by atoms with E-state index in [4.69, 9.17) is 5.11 Å². The van der Waals surface area contributed by atoms with Gasteiger partial charge in [-0.15, -0.1) is 0 Å². The topological polar surface area (TPSA) is 125 Å². The van der Waals surface area contributed by atoms with Gasteiger partial charge in [-0.25, -0.2) is 4.79 Å². The zero-order chi connectivity index (χ0) is 16.6. The minimum atomic E-state index is -1.27. The molecule has 0 heterocycles. The van der Waals surface area contributed by atoms with Crippen LogP contribution in [0, 0.1) is 5.41 Å². The lowest BCUT2D eigenvalue weighted by Crippen LogP contribution is -2.50. The highest BCUT2D eigenvalue weighted by Gasteiger charge is 2.30. The first-order valence-corrected chi connectivity index (χ1v) is 6.71. The summed E-state index contributed by atoms with van der Waals surface area (Å²) in [5, 5.41) is 15.8. The Morgan fingerprint density at radius 1 is 1.19 bits per heavy atom. The van der Waals surface area contributed by atoms with E-state index in [9.17, 15) is 19.2 Å². The van der Waals surface area contributed by atoms with Crippen molar-refractivity contribution in [2.24, 2.45) is 5.41 Å². The van der Waals surface area contributed by atoms with Gasteiger partial charge in [-0.1, -0.05) is 6.92 Å². The van der Waals surface area contributed by atoms with Gasteiger partial charge in [0.2, 0.25) is 11.8 Å². The van der Waals surface area contributed by atoms with Crippen molar-refractivity contribution in [3.63, 3.8) is 0 Å². The number of aliphatic carboxylic acids is 1. The van der Waals surface area contributed by atoms with Gasteiger partial charge in [0.05, 0.1) is 5.41 Å². The summed E-state index contributed by atoms with van der Waals surface area (Å²) in [4.78, 5) is 45.5. The number of nitrogens with one attached hydrogen (secondary N) is 3. The number of carboxylic acids is 1. The molecule has 1 atom stereocenters. The van der Waals surface area contributed by atoms with E-state index in [1.807, 2.05) is 12.2 Å². The summed E-state index contributed by atoms with van der Waals surface area (Å²) in [6.45, 7) is 6.64. The van der Waals surface area contributed by atoms with Crippen LogP contribution in [-0.2, 0) is 14.4 Å². The SMILES string of the molecule is CCCNC(=O)C(C)NC(=O)NC(=O)CC(C)(C)C(=O)O. The van der Waals surface area contributed by atoms with Crippen molar-refractivity contribution in [1.29, 1.82) is 0 Å². The number of amides is 4. The molecule has 0 rings (SSSR count). The van der Waals surface area contributed by atoms with Crippen LogP contribution >= 0.6 is 0 Å². The molecule has 0 aliphatic heterocycles. The fourth-order valence-corrected chi connectivity index (χ4v) is 1.35. The van der Waals surface area contributed by atoms with Crippen LogP contribution in [0.3, 0.4) is 0 Å². The van der Waals surface area contributed by atoms with Gasteiger partial charge in [-0.05, 0) is 27.2 Å². The minimum Gasteiger partial charge on any atom is -0.481 e. The second-order valence-electron chi connectivity index (χ2n) is 5.40. The molecule has 4 amide bonds. The molecule has 0 aliphatic carbocycles. The number of imide groups is 1. The maximum atomic E-state index is 11.6. The second kappa shape index (κ2) is 8.23. The lowest BCUT2D eigenvalue weighted by atomic mass is 9.89. The van der Waals surface area contributed by atoms with Gasteiger partial charge in [-0.3, -0.25) is 19.7 Å². The molecule has 0 radical (unpaired) electrons. The molecule has 0 fully saturated rings. The summed E-state index contributed by atoms with van der Waals surface area (Å²) < 4.78 is 0. The second-order valence-corrected chi connectivity index (χ2v) is 5.40. The Labute approximate surface area is 123 Å². The molecule has 0 saturated carbocycles. The fraction of sp³-hybridized carbons (Fsp3) is 0.692. The summed E-state index contributed by atoms with van der Waals surface area (Å²) in [6.07, 6.45) is 0.430. The van der Waals surface area contributed by atoms with Crippen LogP contribution in [0.4, 0.5) is 4.79 Å². The van der Waals surface area contributed by atoms with E-state index in [-0.39, 0.29) is 12.3 Å². The van der Waals surface area contributed by atoms with Gasteiger partial charge in [0, 0.05) is 13.0 Å². The van der Waals surface area contributed by atoms with Crippen molar-refractivity contribution < 1.29 is 24.3 Å². The van der Waals surface area contributed by atoms with Gasteiger partial charge in [0.25, 0.3) is 0 Å². The highest BCUT2D eigenvalue weighted by atomic mass is 16.4. The number of urea groups is 1. The van der Waals surface area contributed by atoms with E-state index in [0.29, 0.717) is 6.54 Å². The Balaban J connectivity index is 4.28. The monoisotopic (exact) mass is 301 g/mol. The lowest BCUT2D eigenvalue weighted by molar-refractivity contribution is -0.149. The van der Waals surface area contributed by atoms with Crippen molar-refractivity contribution in [2.45, 2.75) is 46.6 Å². The summed E-state index contributed by atoms with van der Waals surface area (Å²) in [5.74, 6) is -2.21. The molecule has 21 heavy (non-hydrogen) atoms. The molecule has 0 aromatic carbocycles. The highest BCUT2D eigenvalue weighted by molar-refractivity contribution is 5.97. The van der Waals surface area contributed by atoms with Crippen LogP contribution in [0.5, 0.6) is 0 Å². The first-order chi connectivity index (χ1) is 9.60. The molecule has 120 valence electrons. The predicted octanol–water partition coefficient (Wildman–Crippen LogP) is 0.228. The number of hydrogen-bond acceptors (Lipinski definition) is 4. The fourth-order valence-electron chi connectivity index (χ4n) is 1.35. The van der Waals surface area contributed by atoms with Gasteiger partial charge >= 0.3 is 12.0 Å². The molecule has 0 spiro atoms. The molecule has 0 aromatic heterocycles. The van der Waals surface area contributed by atoms with Gasteiger partial charge in [0.1, 0.15) is 6.04 Å². The largest absolute Gasteiger partial charge is 0.481 e. The zero-order valence-corrected chi connectivity index (χ0v) is 12.8. The average Bonchev–Trinajstić information content (AvgIpc) is 2.34. The Bertz CT molecular complexity index is 420. The summed E-state index contributed by atoms with van der Waals surface area (Å²) in [7, 11) is 0. The van der Waals surface area contributed by atoms with Crippen LogP contribution in [-0.4, -0.2) is 41.5 Å². The average molecular weight is 301 g/mol. The van der Waals surface area contributed by atoms with E-state index >= 15 is 0 Å². The van der Waals surface area contributed by atoms with Crippen LogP contribution < -0.4 is 16.0 Å². The van der Waals surface area contributed by atoms with E-state index in [2.05, 4.69) is 10.6 Å². The molecular weight excluding hydrogens is 278 g/mol. The molecule has 8 heteroatoms. The van der Waals surface area contributed by atoms with E-state index in [1.165, 1.54) is 20.8 Å². The van der Waals surface area contributed by atoms with Crippen molar-refractivity contribution in [1.82, 2.24) is 16.0 Å². The zero-order valence-electron chi connectivity index (χ0n) is 12.8. The van der Waals surface area contributed by atoms with Crippen molar-refractivity contribution in [3.05, 3.63) is 0 Å². The third-order valence-corrected chi connectivity index (χ3v) is 2.72. The Morgan fingerprint density at radius 2 is 1.76 bits per heavy atom. The predicted molar refractivity (Wildman–Crippen MR) is 75.5 cm³/mol. The highest BCUT2D eigenvalue weighted by Crippen LogP contribution is 2.19. The number of carbonyl (C=O) groups excluding carboxylic acids is 3. The third-order valence-electron chi connectivity index (χ3n) is 2.72. The number of rotatable bonds is 7. The van der Waals surface area contributed by atoms with Gasteiger partial charge in [0.15, 0.2) is 0 Å². The maximum absolute atomic E-state index is 11.6. The molecule has 0 bridgehead atoms. The molecule has 4 N–H and O–H groups in total. The first kappa shape index (κ1) is 18.9. The maximum Gasteiger partial charge on any atom is 0.322 e.